The number of aliphatic imine (C=N–C) groups is 1. The van der Waals surface area contributed by atoms with Gasteiger partial charge in [0.1, 0.15) is 5.70 Å². The molecule has 1 aromatic carbocycles. The van der Waals surface area contributed by atoms with Gasteiger partial charge in [-0.2, -0.15) is 26.3 Å². The van der Waals surface area contributed by atoms with E-state index in [-0.39, 0.29) is 36.5 Å². The SMILES string of the molecule is C=C(/C=C(\N=C(/N)C(F)(F)F)C(=O)N1CCC(N[C@H]2CCOC[C@H]2OC)CC1)NC[C@H]1CCC[C@@H](c2ccc(C(F)(F)F)cc2)O1. The van der Waals surface area contributed by atoms with Crippen LogP contribution >= 0.6 is 0 Å². The molecule has 3 saturated heterocycles. The number of halogens is 6. The van der Waals surface area contributed by atoms with Crippen LogP contribution in [0.4, 0.5) is 26.3 Å². The van der Waals surface area contributed by atoms with Crippen LogP contribution in [0.1, 0.15) is 55.8 Å². The number of ether oxygens (including phenoxy) is 3. The summed E-state index contributed by atoms with van der Waals surface area (Å²) in [5.74, 6) is -2.36. The number of hydrogen-bond acceptors (Lipinski definition) is 7. The Morgan fingerprint density at radius 3 is 2.43 bits per heavy atom. The molecule has 0 spiro atoms. The molecular formula is C31H41F6N5O4. The lowest BCUT2D eigenvalue weighted by molar-refractivity contribution is -0.137. The first-order valence-electron chi connectivity index (χ1n) is 15.3. The Morgan fingerprint density at radius 2 is 1.80 bits per heavy atom. The Bertz CT molecular complexity index is 1250. The van der Waals surface area contributed by atoms with Gasteiger partial charge in [0, 0.05) is 51.1 Å². The summed E-state index contributed by atoms with van der Waals surface area (Å²) in [5, 5.41) is 6.54. The van der Waals surface area contributed by atoms with Crippen molar-refractivity contribution in [3.63, 3.8) is 0 Å². The number of alkyl halides is 6. The highest BCUT2D eigenvalue weighted by Crippen LogP contribution is 2.34. The summed E-state index contributed by atoms with van der Waals surface area (Å²) in [6, 6.07) is 5.02. The maximum Gasteiger partial charge on any atom is 0.448 e. The number of carbonyl (C=O) groups excluding carboxylic acids is 1. The van der Waals surface area contributed by atoms with Gasteiger partial charge in [0.25, 0.3) is 5.91 Å². The van der Waals surface area contributed by atoms with Crippen molar-refractivity contribution in [2.45, 2.75) is 81.3 Å². The highest BCUT2D eigenvalue weighted by molar-refractivity contribution is 5.98. The van der Waals surface area contributed by atoms with Crippen LogP contribution < -0.4 is 16.4 Å². The molecule has 3 aliphatic heterocycles. The van der Waals surface area contributed by atoms with Gasteiger partial charge in [-0.3, -0.25) is 4.79 Å². The number of likely N-dealkylation sites (tertiary alicyclic amines) is 1. The lowest BCUT2D eigenvalue weighted by atomic mass is 9.97. The molecule has 4 N–H and O–H groups in total. The number of carbonyl (C=O) groups is 1. The fourth-order valence-corrected chi connectivity index (χ4v) is 5.83. The van der Waals surface area contributed by atoms with Crippen molar-refractivity contribution in [1.82, 2.24) is 15.5 Å². The topological polar surface area (TPSA) is 110 Å². The Labute approximate surface area is 264 Å². The first-order chi connectivity index (χ1) is 21.7. The van der Waals surface area contributed by atoms with E-state index in [0.717, 1.165) is 31.1 Å². The maximum absolute atomic E-state index is 13.4. The average Bonchev–Trinajstić information content (AvgIpc) is 3.03. The van der Waals surface area contributed by atoms with Gasteiger partial charge in [-0.1, -0.05) is 18.7 Å². The van der Waals surface area contributed by atoms with Gasteiger partial charge in [0.15, 0.2) is 0 Å². The monoisotopic (exact) mass is 661 g/mol. The first-order valence-corrected chi connectivity index (χ1v) is 15.3. The molecule has 3 heterocycles. The fourth-order valence-electron chi connectivity index (χ4n) is 5.83. The van der Waals surface area contributed by atoms with Crippen LogP contribution in [0, 0.1) is 0 Å². The summed E-state index contributed by atoms with van der Waals surface area (Å²) < 4.78 is 95.7. The molecule has 0 unspecified atom stereocenters. The molecule has 46 heavy (non-hydrogen) atoms. The third-order valence-electron chi connectivity index (χ3n) is 8.42. The number of benzene rings is 1. The van der Waals surface area contributed by atoms with Crippen molar-refractivity contribution in [3.05, 3.63) is 59.4 Å². The fraction of sp³-hybridized carbons (Fsp3) is 0.613. The second kappa shape index (κ2) is 15.6. The summed E-state index contributed by atoms with van der Waals surface area (Å²) >= 11 is 0. The molecule has 3 aliphatic rings. The molecule has 0 aliphatic carbocycles. The second-order valence-corrected chi connectivity index (χ2v) is 11.7. The van der Waals surface area contributed by atoms with E-state index in [1.807, 2.05) is 0 Å². The predicted molar refractivity (Wildman–Crippen MR) is 159 cm³/mol. The molecule has 1 aromatic rings. The number of amidine groups is 1. The summed E-state index contributed by atoms with van der Waals surface area (Å²) in [5.41, 5.74) is 4.68. The van der Waals surface area contributed by atoms with Crippen LogP contribution in [0.3, 0.4) is 0 Å². The standard InChI is InChI=1S/C31H41F6N5O4/c1-19(39-17-23-4-3-5-26(46-23)20-6-8-21(9-7-20)30(32,33)34)16-25(41-29(38)31(35,36)37)28(43)42-13-10-22(11-14-42)40-24-12-15-45-18-27(24)44-2/h6-9,16,22-24,26-27,39-40H,1,3-5,10-15,17-18H2,2H3,(H2,38,41)/b25-16-/t23-,24+,26+,27-/m1/s1. The number of rotatable bonds is 10. The Balaban J connectivity index is 1.36. The van der Waals surface area contributed by atoms with Crippen molar-refractivity contribution in [2.24, 2.45) is 10.7 Å². The molecule has 3 fully saturated rings. The zero-order valence-corrected chi connectivity index (χ0v) is 25.6. The van der Waals surface area contributed by atoms with Crippen LogP contribution in [0.15, 0.2) is 53.3 Å². The van der Waals surface area contributed by atoms with Crippen molar-refractivity contribution in [3.8, 4) is 0 Å². The molecule has 0 saturated carbocycles. The Kier molecular flexibility index (Phi) is 12.1. The van der Waals surface area contributed by atoms with E-state index in [9.17, 15) is 31.1 Å². The number of nitrogens with two attached hydrogens (primary N) is 1. The van der Waals surface area contributed by atoms with Crippen LogP contribution in [0.5, 0.6) is 0 Å². The van der Waals surface area contributed by atoms with E-state index in [1.54, 1.807) is 7.11 Å². The van der Waals surface area contributed by atoms with E-state index in [0.29, 0.717) is 57.6 Å². The number of hydrogen-bond donors (Lipinski definition) is 3. The second-order valence-electron chi connectivity index (χ2n) is 11.7. The van der Waals surface area contributed by atoms with Crippen LogP contribution in [0.2, 0.25) is 0 Å². The van der Waals surface area contributed by atoms with Gasteiger partial charge < -0.3 is 35.5 Å². The third kappa shape index (κ3) is 9.93. The van der Waals surface area contributed by atoms with Crippen molar-refractivity contribution >= 4 is 11.7 Å². The molecular weight excluding hydrogens is 620 g/mol. The Hall–Kier alpha value is -3.14. The minimum atomic E-state index is -4.93. The number of allylic oxidation sites excluding steroid dienone is 1. The first kappa shape index (κ1) is 35.7. The Morgan fingerprint density at radius 1 is 1.11 bits per heavy atom. The highest BCUT2D eigenvalue weighted by Gasteiger charge is 2.36. The van der Waals surface area contributed by atoms with Crippen LogP contribution in [-0.2, 0) is 25.2 Å². The van der Waals surface area contributed by atoms with Crippen LogP contribution in [0.25, 0.3) is 0 Å². The number of methoxy groups -OCH3 is 1. The largest absolute Gasteiger partial charge is 0.448 e. The number of nitrogens with one attached hydrogen (secondary N) is 2. The summed E-state index contributed by atoms with van der Waals surface area (Å²) in [6.45, 7) is 5.75. The van der Waals surface area contributed by atoms with Gasteiger partial charge in [-0.05, 0) is 62.3 Å². The van der Waals surface area contributed by atoms with E-state index < -0.39 is 41.5 Å². The minimum absolute atomic E-state index is 0.0872. The lowest BCUT2D eigenvalue weighted by Crippen LogP contribution is -2.54. The third-order valence-corrected chi connectivity index (χ3v) is 8.42. The number of nitrogens with zero attached hydrogens (tertiary/aromatic N) is 2. The van der Waals surface area contributed by atoms with E-state index in [1.165, 1.54) is 17.0 Å². The predicted octanol–water partition coefficient (Wildman–Crippen LogP) is 4.61. The average molecular weight is 662 g/mol. The summed E-state index contributed by atoms with van der Waals surface area (Å²) in [4.78, 5) is 18.3. The summed E-state index contributed by atoms with van der Waals surface area (Å²) in [6.07, 6.45) is -5.11. The smallest absolute Gasteiger partial charge is 0.383 e. The normalized spacial score (nSPS) is 25.8. The lowest BCUT2D eigenvalue weighted by Gasteiger charge is -2.38. The zero-order chi connectivity index (χ0) is 33.5. The molecule has 0 radical (unpaired) electrons. The quantitative estimate of drug-likeness (QED) is 0.111. The maximum atomic E-state index is 13.4. The van der Waals surface area contributed by atoms with Gasteiger partial charge in [-0.15, -0.1) is 0 Å². The highest BCUT2D eigenvalue weighted by atomic mass is 19.4. The zero-order valence-electron chi connectivity index (χ0n) is 25.6. The van der Waals surface area contributed by atoms with Crippen molar-refractivity contribution in [2.75, 3.05) is 40.0 Å². The van der Waals surface area contributed by atoms with Gasteiger partial charge in [-0.25, -0.2) is 4.99 Å². The minimum Gasteiger partial charge on any atom is -0.383 e. The van der Waals surface area contributed by atoms with Gasteiger partial charge in [0.05, 0.1) is 30.5 Å². The molecule has 1 amide bonds. The molecule has 0 bridgehead atoms. The molecule has 15 heteroatoms. The van der Waals surface area contributed by atoms with Crippen molar-refractivity contribution in [1.29, 1.82) is 0 Å². The molecule has 4 atom stereocenters. The van der Waals surface area contributed by atoms with E-state index in [4.69, 9.17) is 19.9 Å². The summed E-state index contributed by atoms with van der Waals surface area (Å²) in [7, 11) is 1.63. The van der Waals surface area contributed by atoms with Crippen molar-refractivity contribution < 1.29 is 45.3 Å². The molecule has 9 nitrogen and oxygen atoms in total. The molecule has 4 rings (SSSR count). The van der Waals surface area contributed by atoms with Gasteiger partial charge >= 0.3 is 12.4 Å². The van der Waals surface area contributed by atoms with Crippen LogP contribution in [-0.4, -0.2) is 87.1 Å². The molecule has 0 aromatic heterocycles. The van der Waals surface area contributed by atoms with Gasteiger partial charge in [0.2, 0.25) is 5.84 Å². The molecule has 256 valence electrons. The number of amides is 1. The van der Waals surface area contributed by atoms with E-state index in [2.05, 4.69) is 22.2 Å². The van der Waals surface area contributed by atoms with E-state index >= 15 is 0 Å². The number of piperidine rings is 1.